The van der Waals surface area contributed by atoms with Crippen molar-refractivity contribution < 1.29 is 17.9 Å². The number of amides is 1. The number of anilines is 1. The molecular formula is C21H26N2O4S. The van der Waals surface area contributed by atoms with E-state index in [1.54, 1.807) is 61.5 Å². The van der Waals surface area contributed by atoms with Gasteiger partial charge in [0.05, 0.1) is 10.6 Å². The van der Waals surface area contributed by atoms with Crippen molar-refractivity contribution in [1.29, 1.82) is 0 Å². The topological polar surface area (TPSA) is 75.7 Å². The molecule has 150 valence electrons. The van der Waals surface area contributed by atoms with Crippen molar-refractivity contribution in [1.82, 2.24) is 5.32 Å². The second kappa shape index (κ2) is 9.10. The molecule has 3 rings (SSSR count). The van der Waals surface area contributed by atoms with Gasteiger partial charge >= 0.3 is 0 Å². The number of carbonyl (C=O) groups excluding carboxylic acids is 1. The van der Waals surface area contributed by atoms with Gasteiger partial charge in [0.15, 0.2) is 6.61 Å². The van der Waals surface area contributed by atoms with Crippen molar-refractivity contribution in [3.05, 3.63) is 54.6 Å². The Hall–Kier alpha value is -2.54. The summed E-state index contributed by atoms with van der Waals surface area (Å²) in [6.45, 7) is 2.05. The molecule has 1 aliphatic rings. The SMILES string of the molecule is CCN(c1ccc(OCC(=O)NC2CCCC2)cc1)S(=O)(=O)c1ccccc1. The molecule has 7 heteroatoms. The lowest BCUT2D eigenvalue weighted by Crippen LogP contribution is -2.36. The van der Waals surface area contributed by atoms with Crippen molar-refractivity contribution in [2.45, 2.75) is 43.5 Å². The summed E-state index contributed by atoms with van der Waals surface area (Å²) in [5, 5.41) is 2.97. The number of hydrogen-bond acceptors (Lipinski definition) is 4. The van der Waals surface area contributed by atoms with Crippen LogP contribution in [0.4, 0.5) is 5.69 Å². The molecule has 0 spiro atoms. The molecule has 0 unspecified atom stereocenters. The first-order valence-electron chi connectivity index (χ1n) is 9.60. The smallest absolute Gasteiger partial charge is 0.264 e. The van der Waals surface area contributed by atoms with Gasteiger partial charge in [-0.25, -0.2) is 8.42 Å². The molecule has 28 heavy (non-hydrogen) atoms. The Bertz CT molecular complexity index is 876. The van der Waals surface area contributed by atoms with Gasteiger partial charge in [0.2, 0.25) is 0 Å². The Kier molecular flexibility index (Phi) is 6.57. The van der Waals surface area contributed by atoms with Gasteiger partial charge in [-0.05, 0) is 56.2 Å². The van der Waals surface area contributed by atoms with E-state index in [9.17, 15) is 13.2 Å². The van der Waals surface area contributed by atoms with Crippen molar-refractivity contribution in [2.24, 2.45) is 0 Å². The summed E-state index contributed by atoms with van der Waals surface area (Å²) >= 11 is 0. The molecule has 1 fully saturated rings. The predicted molar refractivity (Wildman–Crippen MR) is 109 cm³/mol. The van der Waals surface area contributed by atoms with E-state index in [-0.39, 0.29) is 23.5 Å². The van der Waals surface area contributed by atoms with Crippen LogP contribution in [-0.4, -0.2) is 33.5 Å². The molecule has 1 saturated carbocycles. The number of hydrogen-bond donors (Lipinski definition) is 1. The number of nitrogens with one attached hydrogen (secondary N) is 1. The predicted octanol–water partition coefficient (Wildman–Crippen LogP) is 3.34. The van der Waals surface area contributed by atoms with Gasteiger partial charge in [-0.1, -0.05) is 31.0 Å². The van der Waals surface area contributed by atoms with Crippen LogP contribution in [0.25, 0.3) is 0 Å². The van der Waals surface area contributed by atoms with Gasteiger partial charge in [0.25, 0.3) is 15.9 Å². The molecule has 2 aromatic rings. The van der Waals surface area contributed by atoms with E-state index in [1.165, 1.54) is 4.31 Å². The highest BCUT2D eigenvalue weighted by molar-refractivity contribution is 7.92. The third-order valence-electron chi connectivity index (χ3n) is 4.83. The highest BCUT2D eigenvalue weighted by Crippen LogP contribution is 2.25. The minimum atomic E-state index is -3.63. The van der Waals surface area contributed by atoms with Crippen molar-refractivity contribution >= 4 is 21.6 Å². The second-order valence-corrected chi connectivity index (χ2v) is 8.68. The number of benzene rings is 2. The lowest BCUT2D eigenvalue weighted by molar-refractivity contribution is -0.123. The van der Waals surface area contributed by atoms with Crippen molar-refractivity contribution in [3.63, 3.8) is 0 Å². The van der Waals surface area contributed by atoms with Crippen LogP contribution in [0.3, 0.4) is 0 Å². The number of ether oxygens (including phenoxy) is 1. The van der Waals surface area contributed by atoms with Crippen LogP contribution in [0, 0.1) is 0 Å². The quantitative estimate of drug-likeness (QED) is 0.735. The summed E-state index contributed by atoms with van der Waals surface area (Å²) in [5.74, 6) is 0.399. The van der Waals surface area contributed by atoms with E-state index in [1.807, 2.05) is 0 Å². The highest BCUT2D eigenvalue weighted by atomic mass is 32.2. The van der Waals surface area contributed by atoms with Gasteiger partial charge in [0, 0.05) is 12.6 Å². The molecule has 0 saturated heterocycles. The summed E-state index contributed by atoms with van der Waals surface area (Å²) in [6, 6.07) is 15.4. The van der Waals surface area contributed by atoms with Gasteiger partial charge in [-0.3, -0.25) is 9.10 Å². The fraction of sp³-hybridized carbons (Fsp3) is 0.381. The Morgan fingerprint density at radius 2 is 1.71 bits per heavy atom. The summed E-state index contributed by atoms with van der Waals surface area (Å²) in [6.07, 6.45) is 4.38. The molecule has 0 aliphatic heterocycles. The van der Waals surface area contributed by atoms with E-state index in [0.717, 1.165) is 25.7 Å². The van der Waals surface area contributed by atoms with Crippen LogP contribution >= 0.6 is 0 Å². The first kappa shape index (κ1) is 20.2. The zero-order valence-corrected chi connectivity index (χ0v) is 16.8. The Labute approximate surface area is 166 Å². The molecule has 1 aliphatic carbocycles. The minimum Gasteiger partial charge on any atom is -0.484 e. The largest absolute Gasteiger partial charge is 0.484 e. The van der Waals surface area contributed by atoms with Gasteiger partial charge in [0.1, 0.15) is 5.75 Å². The van der Waals surface area contributed by atoms with Crippen LogP contribution in [0.1, 0.15) is 32.6 Å². The highest BCUT2D eigenvalue weighted by Gasteiger charge is 2.23. The average molecular weight is 403 g/mol. The maximum Gasteiger partial charge on any atom is 0.264 e. The maximum atomic E-state index is 12.9. The van der Waals surface area contributed by atoms with Gasteiger partial charge in [-0.2, -0.15) is 0 Å². The van der Waals surface area contributed by atoms with Crippen LogP contribution in [0.15, 0.2) is 59.5 Å². The Morgan fingerprint density at radius 1 is 1.07 bits per heavy atom. The number of rotatable bonds is 8. The molecule has 0 heterocycles. The Morgan fingerprint density at radius 3 is 2.32 bits per heavy atom. The molecule has 1 N–H and O–H groups in total. The maximum absolute atomic E-state index is 12.9. The molecule has 0 radical (unpaired) electrons. The first-order chi connectivity index (χ1) is 13.5. The van der Waals surface area contributed by atoms with Crippen LogP contribution in [0.2, 0.25) is 0 Å². The lowest BCUT2D eigenvalue weighted by atomic mass is 10.2. The normalized spacial score (nSPS) is 14.6. The number of sulfonamides is 1. The molecule has 1 amide bonds. The number of nitrogens with zero attached hydrogens (tertiary/aromatic N) is 1. The van der Waals surface area contributed by atoms with E-state index in [2.05, 4.69) is 5.32 Å². The Balaban J connectivity index is 1.63. The van der Waals surface area contributed by atoms with E-state index in [0.29, 0.717) is 18.0 Å². The molecule has 6 nitrogen and oxygen atoms in total. The summed E-state index contributed by atoms with van der Waals surface area (Å²) in [5.41, 5.74) is 0.550. The third kappa shape index (κ3) is 4.84. The first-order valence-corrected chi connectivity index (χ1v) is 11.0. The number of carbonyl (C=O) groups is 1. The molecule has 2 aromatic carbocycles. The van der Waals surface area contributed by atoms with E-state index < -0.39 is 10.0 Å². The van der Waals surface area contributed by atoms with Gasteiger partial charge < -0.3 is 10.1 Å². The van der Waals surface area contributed by atoms with Gasteiger partial charge in [-0.15, -0.1) is 0 Å². The van der Waals surface area contributed by atoms with E-state index in [4.69, 9.17) is 4.74 Å². The van der Waals surface area contributed by atoms with Crippen molar-refractivity contribution in [3.8, 4) is 5.75 Å². The summed E-state index contributed by atoms with van der Waals surface area (Å²) in [4.78, 5) is 12.2. The summed E-state index contributed by atoms with van der Waals surface area (Å²) < 4.78 is 32.6. The zero-order valence-electron chi connectivity index (χ0n) is 16.0. The average Bonchev–Trinajstić information content (AvgIpc) is 3.21. The standard InChI is InChI=1S/C21H26N2O4S/c1-2-23(28(25,26)20-10-4-3-5-11-20)18-12-14-19(15-13-18)27-16-21(24)22-17-8-6-7-9-17/h3-5,10-15,17H,2,6-9,16H2,1H3,(H,22,24). The summed E-state index contributed by atoms with van der Waals surface area (Å²) in [7, 11) is -3.63. The monoisotopic (exact) mass is 402 g/mol. The minimum absolute atomic E-state index is 0.0460. The van der Waals surface area contributed by atoms with Crippen LogP contribution < -0.4 is 14.4 Å². The molecular weight excluding hydrogens is 376 g/mol. The van der Waals surface area contributed by atoms with Crippen LogP contribution in [-0.2, 0) is 14.8 Å². The van der Waals surface area contributed by atoms with Crippen LogP contribution in [0.5, 0.6) is 5.75 Å². The van der Waals surface area contributed by atoms with Crippen molar-refractivity contribution in [2.75, 3.05) is 17.5 Å². The second-order valence-electron chi connectivity index (χ2n) is 6.81. The third-order valence-corrected chi connectivity index (χ3v) is 6.75. The molecule has 0 atom stereocenters. The molecule has 0 aromatic heterocycles. The van der Waals surface area contributed by atoms with E-state index >= 15 is 0 Å². The molecule has 0 bridgehead atoms. The zero-order chi connectivity index (χ0) is 20.0. The fourth-order valence-corrected chi connectivity index (χ4v) is 4.90. The lowest BCUT2D eigenvalue weighted by Gasteiger charge is -2.23. The fourth-order valence-electron chi connectivity index (χ4n) is 3.41.